The standard InChI is InChI=1S/C28H29F2N/c1-19-6-5-7-23(14-19)15-20(2)8-10-22(4)26-16-21(3)9-13-28(26)31-18-24-11-12-25(29)17-27(24)30/h5-14,16-17,31H,15,18H2,1-4H3/b20-8-,22-10+. The number of nitrogens with one attached hydrogen (secondary N) is 1. The van der Waals surface area contributed by atoms with Crippen LogP contribution in [0, 0.1) is 25.5 Å². The molecular weight excluding hydrogens is 388 g/mol. The van der Waals surface area contributed by atoms with E-state index in [9.17, 15) is 8.78 Å². The van der Waals surface area contributed by atoms with Gasteiger partial charge in [0.15, 0.2) is 0 Å². The molecule has 0 unspecified atom stereocenters. The van der Waals surface area contributed by atoms with E-state index in [1.807, 2.05) is 12.1 Å². The van der Waals surface area contributed by atoms with E-state index in [2.05, 4.69) is 75.5 Å². The molecule has 0 saturated carbocycles. The van der Waals surface area contributed by atoms with E-state index in [1.54, 1.807) is 0 Å². The normalized spacial score (nSPS) is 12.2. The van der Waals surface area contributed by atoms with E-state index >= 15 is 0 Å². The largest absolute Gasteiger partial charge is 0.380 e. The van der Waals surface area contributed by atoms with Gasteiger partial charge in [0.2, 0.25) is 0 Å². The fourth-order valence-electron chi connectivity index (χ4n) is 3.55. The van der Waals surface area contributed by atoms with Crippen LogP contribution in [0.25, 0.3) is 5.57 Å². The minimum absolute atomic E-state index is 0.289. The Labute approximate surface area is 184 Å². The third-order valence-electron chi connectivity index (χ3n) is 5.27. The molecule has 0 fully saturated rings. The average molecular weight is 418 g/mol. The quantitative estimate of drug-likeness (QED) is 0.387. The van der Waals surface area contributed by atoms with Crippen LogP contribution in [0.15, 0.2) is 78.4 Å². The van der Waals surface area contributed by atoms with Gasteiger partial charge in [0, 0.05) is 29.4 Å². The highest BCUT2D eigenvalue weighted by Gasteiger charge is 2.08. The van der Waals surface area contributed by atoms with Crippen molar-refractivity contribution >= 4 is 11.3 Å². The maximum atomic E-state index is 14.0. The van der Waals surface area contributed by atoms with Crippen molar-refractivity contribution in [1.82, 2.24) is 0 Å². The van der Waals surface area contributed by atoms with Gasteiger partial charge in [-0.15, -0.1) is 0 Å². The molecule has 3 aromatic rings. The van der Waals surface area contributed by atoms with E-state index in [4.69, 9.17) is 0 Å². The maximum Gasteiger partial charge on any atom is 0.131 e. The molecule has 0 aliphatic heterocycles. The van der Waals surface area contributed by atoms with Crippen molar-refractivity contribution in [2.24, 2.45) is 0 Å². The van der Waals surface area contributed by atoms with Gasteiger partial charge in [-0.05, 0) is 63.5 Å². The van der Waals surface area contributed by atoms with Gasteiger partial charge < -0.3 is 5.32 Å². The predicted molar refractivity (Wildman–Crippen MR) is 127 cm³/mol. The number of rotatable bonds is 7. The molecule has 0 aliphatic rings. The van der Waals surface area contributed by atoms with Crippen LogP contribution < -0.4 is 5.32 Å². The Bertz CT molecular complexity index is 1130. The summed E-state index contributed by atoms with van der Waals surface area (Å²) in [7, 11) is 0. The fraction of sp³-hybridized carbons (Fsp3) is 0.214. The zero-order valence-corrected chi connectivity index (χ0v) is 18.6. The van der Waals surface area contributed by atoms with Crippen molar-refractivity contribution in [1.29, 1.82) is 0 Å². The monoisotopic (exact) mass is 417 g/mol. The summed E-state index contributed by atoms with van der Waals surface area (Å²) in [5.74, 6) is -1.10. The van der Waals surface area contributed by atoms with Gasteiger partial charge in [-0.1, -0.05) is 65.3 Å². The van der Waals surface area contributed by atoms with Crippen LogP contribution >= 0.6 is 0 Å². The van der Waals surface area contributed by atoms with E-state index in [0.717, 1.165) is 34.9 Å². The summed E-state index contributed by atoms with van der Waals surface area (Å²) >= 11 is 0. The van der Waals surface area contributed by atoms with Crippen molar-refractivity contribution in [3.63, 3.8) is 0 Å². The molecule has 3 heteroatoms. The highest BCUT2D eigenvalue weighted by atomic mass is 19.1. The highest BCUT2D eigenvalue weighted by molar-refractivity contribution is 5.76. The Morgan fingerprint density at radius 2 is 1.65 bits per heavy atom. The van der Waals surface area contributed by atoms with Crippen molar-refractivity contribution < 1.29 is 8.78 Å². The smallest absolute Gasteiger partial charge is 0.131 e. The molecule has 0 amide bonds. The van der Waals surface area contributed by atoms with Crippen LogP contribution in [0.5, 0.6) is 0 Å². The molecule has 3 aromatic carbocycles. The number of allylic oxidation sites excluding steroid dienone is 4. The summed E-state index contributed by atoms with van der Waals surface area (Å²) < 4.78 is 27.1. The Balaban J connectivity index is 1.78. The lowest BCUT2D eigenvalue weighted by molar-refractivity contribution is 0.574. The lowest BCUT2D eigenvalue weighted by Gasteiger charge is -2.14. The molecule has 1 N–H and O–H groups in total. The lowest BCUT2D eigenvalue weighted by atomic mass is 10.00. The van der Waals surface area contributed by atoms with Gasteiger partial charge >= 0.3 is 0 Å². The summed E-state index contributed by atoms with van der Waals surface area (Å²) in [5.41, 5.74) is 8.55. The van der Waals surface area contributed by atoms with Crippen LogP contribution in [-0.2, 0) is 13.0 Å². The molecule has 0 aliphatic carbocycles. The van der Waals surface area contributed by atoms with Crippen LogP contribution in [0.1, 0.15) is 41.7 Å². The average Bonchev–Trinajstić information content (AvgIpc) is 2.72. The molecule has 3 rings (SSSR count). The first kappa shape index (κ1) is 22.5. The van der Waals surface area contributed by atoms with E-state index < -0.39 is 11.6 Å². The lowest BCUT2D eigenvalue weighted by Crippen LogP contribution is -2.04. The van der Waals surface area contributed by atoms with Crippen molar-refractivity contribution in [2.75, 3.05) is 5.32 Å². The van der Waals surface area contributed by atoms with Gasteiger partial charge in [0.25, 0.3) is 0 Å². The van der Waals surface area contributed by atoms with Crippen molar-refractivity contribution in [3.8, 4) is 0 Å². The molecule has 0 aromatic heterocycles. The minimum atomic E-state index is -0.566. The van der Waals surface area contributed by atoms with Crippen molar-refractivity contribution in [3.05, 3.63) is 118 Å². The molecule has 0 bridgehead atoms. The van der Waals surface area contributed by atoms with E-state index in [0.29, 0.717) is 5.56 Å². The molecule has 31 heavy (non-hydrogen) atoms. The second kappa shape index (κ2) is 10.2. The Morgan fingerprint density at radius 1 is 0.871 bits per heavy atom. The molecule has 160 valence electrons. The van der Waals surface area contributed by atoms with Crippen LogP contribution in [-0.4, -0.2) is 0 Å². The third kappa shape index (κ3) is 6.39. The fourth-order valence-corrected chi connectivity index (χ4v) is 3.55. The summed E-state index contributed by atoms with van der Waals surface area (Å²) in [4.78, 5) is 0. The number of hydrogen-bond acceptors (Lipinski definition) is 1. The number of aryl methyl sites for hydroxylation is 2. The molecule has 0 heterocycles. The Morgan fingerprint density at radius 3 is 2.39 bits per heavy atom. The van der Waals surface area contributed by atoms with Gasteiger partial charge in [-0.25, -0.2) is 8.78 Å². The Hall–Kier alpha value is -3.20. The number of halogens is 2. The predicted octanol–water partition coefficient (Wildman–Crippen LogP) is 7.79. The summed E-state index contributed by atoms with van der Waals surface area (Å²) in [6.45, 7) is 8.67. The van der Waals surface area contributed by atoms with Crippen LogP contribution in [0.4, 0.5) is 14.5 Å². The molecule has 1 nitrogen and oxygen atoms in total. The zero-order valence-electron chi connectivity index (χ0n) is 18.6. The van der Waals surface area contributed by atoms with Crippen molar-refractivity contribution in [2.45, 2.75) is 40.7 Å². The second-order valence-corrected chi connectivity index (χ2v) is 8.17. The van der Waals surface area contributed by atoms with Gasteiger partial charge in [0.05, 0.1) is 0 Å². The van der Waals surface area contributed by atoms with Gasteiger partial charge in [-0.3, -0.25) is 0 Å². The van der Waals surface area contributed by atoms with Gasteiger partial charge in [-0.2, -0.15) is 0 Å². The number of hydrogen-bond donors (Lipinski definition) is 1. The summed E-state index contributed by atoms with van der Waals surface area (Å²) in [6, 6.07) is 18.4. The first-order chi connectivity index (χ1) is 14.8. The summed E-state index contributed by atoms with van der Waals surface area (Å²) in [5, 5.41) is 3.31. The van der Waals surface area contributed by atoms with Gasteiger partial charge in [0.1, 0.15) is 11.6 Å². The first-order valence-corrected chi connectivity index (χ1v) is 10.5. The maximum absolute atomic E-state index is 14.0. The summed E-state index contributed by atoms with van der Waals surface area (Å²) in [6.07, 6.45) is 5.20. The SMILES string of the molecule is C/C(=C/C=C(\C)c1cc(C)ccc1NCc1ccc(F)cc1F)Cc1cccc(C)c1. The number of anilines is 1. The van der Waals surface area contributed by atoms with E-state index in [-0.39, 0.29) is 6.54 Å². The molecule has 0 saturated heterocycles. The second-order valence-electron chi connectivity index (χ2n) is 8.17. The molecule has 0 spiro atoms. The number of benzene rings is 3. The van der Waals surface area contributed by atoms with Crippen LogP contribution in [0.2, 0.25) is 0 Å². The highest BCUT2D eigenvalue weighted by Crippen LogP contribution is 2.26. The molecule has 0 atom stereocenters. The Kier molecular flexibility index (Phi) is 7.41. The molecule has 0 radical (unpaired) electrons. The topological polar surface area (TPSA) is 12.0 Å². The first-order valence-electron chi connectivity index (χ1n) is 10.5. The zero-order chi connectivity index (χ0) is 22.4. The molecular formula is C28H29F2N. The minimum Gasteiger partial charge on any atom is -0.380 e. The van der Waals surface area contributed by atoms with Crippen LogP contribution in [0.3, 0.4) is 0 Å². The van der Waals surface area contributed by atoms with E-state index in [1.165, 1.54) is 28.8 Å². The third-order valence-corrected chi connectivity index (χ3v) is 5.27.